The Labute approximate surface area is 134 Å². The van der Waals surface area contributed by atoms with Crippen molar-refractivity contribution in [2.75, 3.05) is 13.7 Å². The van der Waals surface area contributed by atoms with Gasteiger partial charge in [0.1, 0.15) is 5.01 Å². The fourth-order valence-corrected chi connectivity index (χ4v) is 3.69. The van der Waals surface area contributed by atoms with E-state index in [0.717, 1.165) is 36.5 Å². The molecule has 0 spiro atoms. The molecule has 6 heteroatoms. The Morgan fingerprint density at radius 1 is 1.41 bits per heavy atom. The van der Waals surface area contributed by atoms with Gasteiger partial charge in [-0.2, -0.15) is 0 Å². The summed E-state index contributed by atoms with van der Waals surface area (Å²) in [7, 11) is 1.56. The molecule has 1 amide bonds. The van der Waals surface area contributed by atoms with E-state index in [0.29, 0.717) is 11.4 Å². The second-order valence-electron chi connectivity index (χ2n) is 5.43. The molecule has 0 aromatic carbocycles. The summed E-state index contributed by atoms with van der Waals surface area (Å²) >= 11 is 1.64. The Morgan fingerprint density at radius 3 is 2.91 bits per heavy atom. The molecule has 116 valence electrons. The molecule has 0 bridgehead atoms. The highest BCUT2D eigenvalue weighted by Gasteiger charge is 2.30. The summed E-state index contributed by atoms with van der Waals surface area (Å²) < 4.78 is 5.04. The van der Waals surface area contributed by atoms with Gasteiger partial charge in [-0.3, -0.25) is 4.79 Å². The van der Waals surface area contributed by atoms with Crippen LogP contribution in [0.4, 0.5) is 0 Å². The van der Waals surface area contributed by atoms with Gasteiger partial charge < -0.3 is 9.64 Å². The van der Waals surface area contributed by atoms with Gasteiger partial charge >= 0.3 is 0 Å². The number of thiazole rings is 1. The van der Waals surface area contributed by atoms with Crippen LogP contribution in [0, 0.1) is 6.92 Å². The number of nitrogens with zero attached hydrogens (tertiary/aromatic N) is 3. The number of pyridine rings is 1. The third-order valence-electron chi connectivity index (χ3n) is 3.88. The maximum Gasteiger partial charge on any atom is 0.256 e. The van der Waals surface area contributed by atoms with Crippen LogP contribution in [-0.4, -0.2) is 34.4 Å². The molecule has 0 saturated carbocycles. The zero-order valence-corrected chi connectivity index (χ0v) is 13.6. The number of hydrogen-bond acceptors (Lipinski definition) is 5. The number of carbonyl (C=O) groups is 1. The maximum absolute atomic E-state index is 12.8. The molecule has 3 rings (SSSR count). The van der Waals surface area contributed by atoms with Gasteiger partial charge in [0.2, 0.25) is 5.88 Å². The van der Waals surface area contributed by atoms with E-state index >= 15 is 0 Å². The van der Waals surface area contributed by atoms with Gasteiger partial charge in [-0.25, -0.2) is 9.97 Å². The number of hydrogen-bond donors (Lipinski definition) is 0. The maximum atomic E-state index is 12.8. The third kappa shape index (κ3) is 2.97. The quantitative estimate of drug-likeness (QED) is 0.872. The lowest BCUT2D eigenvalue weighted by atomic mass is 10.0. The Kier molecular flexibility index (Phi) is 4.38. The van der Waals surface area contributed by atoms with Crippen molar-refractivity contribution < 1.29 is 9.53 Å². The number of aromatic nitrogens is 2. The fraction of sp³-hybridized carbons (Fsp3) is 0.438. The molecule has 0 radical (unpaired) electrons. The van der Waals surface area contributed by atoms with E-state index < -0.39 is 0 Å². The van der Waals surface area contributed by atoms with Crippen molar-refractivity contribution in [2.45, 2.75) is 32.2 Å². The van der Waals surface area contributed by atoms with E-state index in [2.05, 4.69) is 9.97 Å². The first-order valence-electron chi connectivity index (χ1n) is 7.42. The fourth-order valence-electron chi connectivity index (χ4n) is 2.75. The van der Waals surface area contributed by atoms with E-state index in [-0.39, 0.29) is 11.9 Å². The van der Waals surface area contributed by atoms with Gasteiger partial charge in [-0.05, 0) is 32.3 Å². The largest absolute Gasteiger partial charge is 0.481 e. The minimum absolute atomic E-state index is 0.0210. The number of methoxy groups -OCH3 is 1. The summed E-state index contributed by atoms with van der Waals surface area (Å²) in [5.41, 5.74) is 1.62. The summed E-state index contributed by atoms with van der Waals surface area (Å²) in [5, 5.41) is 3.08. The van der Waals surface area contributed by atoms with Gasteiger partial charge in [-0.1, -0.05) is 0 Å². The molecule has 22 heavy (non-hydrogen) atoms. The van der Waals surface area contributed by atoms with Gasteiger partial charge in [0.25, 0.3) is 5.91 Å². The zero-order valence-electron chi connectivity index (χ0n) is 12.8. The third-order valence-corrected chi connectivity index (χ3v) is 4.94. The van der Waals surface area contributed by atoms with Crippen LogP contribution in [0.1, 0.15) is 46.4 Å². The van der Waals surface area contributed by atoms with Gasteiger partial charge in [0.05, 0.1) is 18.7 Å². The molecule has 1 aliphatic heterocycles. The Balaban J connectivity index is 1.84. The van der Waals surface area contributed by atoms with Crippen LogP contribution in [0.2, 0.25) is 0 Å². The first kappa shape index (κ1) is 15.0. The average molecular weight is 317 g/mol. The molecule has 1 fully saturated rings. The summed E-state index contributed by atoms with van der Waals surface area (Å²) in [6, 6.07) is 3.58. The van der Waals surface area contributed by atoms with Crippen molar-refractivity contribution in [2.24, 2.45) is 0 Å². The van der Waals surface area contributed by atoms with Crippen molar-refractivity contribution in [1.29, 1.82) is 0 Å². The number of carbonyl (C=O) groups excluding carboxylic acids is 1. The first-order chi connectivity index (χ1) is 10.7. The van der Waals surface area contributed by atoms with Crippen LogP contribution < -0.4 is 4.74 Å². The lowest BCUT2D eigenvalue weighted by molar-refractivity contribution is 0.0610. The van der Waals surface area contributed by atoms with E-state index in [1.54, 1.807) is 36.8 Å². The van der Waals surface area contributed by atoms with Crippen LogP contribution >= 0.6 is 11.3 Å². The van der Waals surface area contributed by atoms with Gasteiger partial charge in [0, 0.05) is 29.9 Å². The number of rotatable bonds is 3. The van der Waals surface area contributed by atoms with Crippen molar-refractivity contribution >= 4 is 17.2 Å². The predicted octanol–water partition coefficient (Wildman–Crippen LogP) is 3.22. The summed E-state index contributed by atoms with van der Waals surface area (Å²) in [4.78, 5) is 23.5. The first-order valence-corrected chi connectivity index (χ1v) is 8.30. The number of ether oxygens (including phenoxy) is 1. The Bertz CT molecular complexity index is 654. The Hall–Kier alpha value is -1.95. The standard InChI is InChI=1S/C16H19N3O2S/c1-11-10-22-15(18-11)13-5-3-4-8-19(13)16(20)12-6-7-14(21-2)17-9-12/h6-7,9-10,13H,3-5,8H2,1-2H3. The lowest BCUT2D eigenvalue weighted by Crippen LogP contribution is -2.38. The van der Waals surface area contributed by atoms with Crippen molar-refractivity contribution in [3.05, 3.63) is 40.0 Å². The molecule has 1 unspecified atom stereocenters. The summed E-state index contributed by atoms with van der Waals surface area (Å²) in [6.45, 7) is 2.76. The van der Waals surface area contributed by atoms with Crippen molar-refractivity contribution in [3.63, 3.8) is 0 Å². The predicted molar refractivity (Wildman–Crippen MR) is 85.3 cm³/mol. The van der Waals surface area contributed by atoms with Gasteiger partial charge in [0.15, 0.2) is 0 Å². The second kappa shape index (κ2) is 6.44. The van der Waals surface area contributed by atoms with Crippen LogP contribution in [0.3, 0.4) is 0 Å². The smallest absolute Gasteiger partial charge is 0.256 e. The molecule has 1 atom stereocenters. The Morgan fingerprint density at radius 2 is 2.27 bits per heavy atom. The zero-order chi connectivity index (χ0) is 15.5. The van der Waals surface area contributed by atoms with E-state index in [9.17, 15) is 4.79 Å². The van der Waals surface area contributed by atoms with Crippen molar-refractivity contribution in [3.8, 4) is 5.88 Å². The van der Waals surface area contributed by atoms with Crippen molar-refractivity contribution in [1.82, 2.24) is 14.9 Å². The lowest BCUT2D eigenvalue weighted by Gasteiger charge is -2.34. The molecule has 0 N–H and O–H groups in total. The van der Waals surface area contributed by atoms with E-state index in [1.807, 2.05) is 17.2 Å². The minimum Gasteiger partial charge on any atom is -0.481 e. The van der Waals surface area contributed by atoms with Crippen LogP contribution in [0.5, 0.6) is 5.88 Å². The number of likely N-dealkylation sites (tertiary alicyclic amines) is 1. The van der Waals surface area contributed by atoms with Crippen LogP contribution in [0.15, 0.2) is 23.7 Å². The summed E-state index contributed by atoms with van der Waals surface area (Å²) in [6.07, 6.45) is 4.73. The monoisotopic (exact) mass is 317 g/mol. The van der Waals surface area contributed by atoms with E-state index in [4.69, 9.17) is 4.74 Å². The number of piperidine rings is 1. The molecule has 3 heterocycles. The summed E-state index contributed by atoms with van der Waals surface area (Å²) in [5.74, 6) is 0.537. The molecule has 0 aliphatic carbocycles. The normalized spacial score (nSPS) is 18.3. The topological polar surface area (TPSA) is 55.3 Å². The van der Waals surface area contributed by atoms with Gasteiger partial charge in [-0.15, -0.1) is 11.3 Å². The molecule has 1 aliphatic rings. The number of aryl methyl sites for hydroxylation is 1. The van der Waals surface area contributed by atoms with Crippen LogP contribution in [-0.2, 0) is 0 Å². The highest BCUT2D eigenvalue weighted by Crippen LogP contribution is 2.33. The second-order valence-corrected chi connectivity index (χ2v) is 6.32. The molecular formula is C16H19N3O2S. The van der Waals surface area contributed by atoms with E-state index in [1.165, 1.54) is 0 Å². The molecule has 2 aromatic heterocycles. The molecule has 2 aromatic rings. The molecular weight excluding hydrogens is 298 g/mol. The highest BCUT2D eigenvalue weighted by molar-refractivity contribution is 7.09. The SMILES string of the molecule is COc1ccc(C(=O)N2CCCCC2c2nc(C)cs2)cn1. The average Bonchev–Trinajstić information content (AvgIpc) is 3.00. The number of amides is 1. The molecule has 1 saturated heterocycles. The highest BCUT2D eigenvalue weighted by atomic mass is 32.1. The minimum atomic E-state index is 0.0210. The molecule has 5 nitrogen and oxygen atoms in total. The van der Waals surface area contributed by atoms with Crippen LogP contribution in [0.25, 0.3) is 0 Å².